The number of urea groups is 3. The Hall–Kier alpha value is -4.60. The van der Waals surface area contributed by atoms with Gasteiger partial charge in [-0.25, -0.2) is 36.5 Å². The third-order valence-electron chi connectivity index (χ3n) is 0.427. The molecule has 0 aliphatic carbocycles. The summed E-state index contributed by atoms with van der Waals surface area (Å²) in [7, 11) is -4.64. The summed E-state index contributed by atoms with van der Waals surface area (Å²) in [4.78, 5) is 74.7. The largest absolute Gasteiger partial charge is 0.466 e. The van der Waals surface area contributed by atoms with Gasteiger partial charge in [-0.2, -0.15) is 0 Å². The predicted molar refractivity (Wildman–Crippen MR) is 91.3 cm³/mol. The van der Waals surface area contributed by atoms with E-state index in [1.807, 2.05) is 0 Å². The average molecular weight is 512 g/mol. The van der Waals surface area contributed by atoms with Crippen LogP contribution in [0.2, 0.25) is 0 Å². The van der Waals surface area contributed by atoms with Gasteiger partial charge in [0.2, 0.25) is 0 Å². The minimum absolute atomic E-state index is 0.718. The highest BCUT2D eigenvalue weighted by atomic mass is 31.2. The van der Waals surface area contributed by atoms with Gasteiger partial charge in [0.1, 0.15) is 0 Å². The lowest BCUT2D eigenvalue weighted by Gasteiger charge is -1.82. The zero-order valence-electron chi connectivity index (χ0n) is 15.0. The molecule has 0 aliphatic heterocycles. The molecule has 0 saturated carbocycles. The van der Waals surface area contributed by atoms with Crippen molar-refractivity contribution in [2.75, 3.05) is 0 Å². The molecule has 0 aromatic carbocycles. The molecule has 0 rings (SSSR count). The number of nitrogens with two attached hydrogens (primary N) is 6. The smallest absolute Gasteiger partial charge is 0.351 e. The summed E-state index contributed by atoms with van der Waals surface area (Å²) in [6.45, 7) is 0. The third kappa shape index (κ3) is 7720. The number of carbonyl (C=O) groups is 3. The molecule has 0 saturated heterocycles. The molecule has 0 spiro atoms. The maximum Gasteiger partial charge on any atom is 0.466 e. The van der Waals surface area contributed by atoms with E-state index in [0.29, 0.717) is 0 Å². The van der Waals surface area contributed by atoms with Crippen LogP contribution in [0.5, 0.6) is 0 Å². The summed E-state index contributed by atoms with van der Waals surface area (Å²) in [6, 6.07) is -2.15. The number of phosphoric acid groups is 1. The van der Waals surface area contributed by atoms with Crippen LogP contribution in [-0.2, 0) is 4.57 Å². The monoisotopic (exact) mass is 512 g/mol. The molecule has 0 atom stereocenters. The van der Waals surface area contributed by atoms with Crippen molar-refractivity contribution in [3.05, 3.63) is 30.3 Å². The highest BCUT2D eigenvalue weighted by Gasteiger charge is 2.00. The number of nitrogens with one attached hydrogen (secondary N) is 3. The minimum atomic E-state index is -4.64. The summed E-state index contributed by atoms with van der Waals surface area (Å²) >= 11 is 0. The van der Waals surface area contributed by atoms with Crippen LogP contribution in [-0.4, -0.2) is 63.7 Å². The molecule has 21 N–H and O–H groups in total. The van der Waals surface area contributed by atoms with Gasteiger partial charge in [-0.3, -0.25) is 16.3 Å². The number of rotatable bonds is 0. The Morgan fingerprint density at radius 2 is 0.656 bits per heavy atom. The van der Waals surface area contributed by atoms with Crippen LogP contribution in [0.1, 0.15) is 0 Å². The Labute approximate surface area is 173 Å². The van der Waals surface area contributed by atoms with Crippen molar-refractivity contribution in [2.24, 2.45) is 34.7 Å². The van der Waals surface area contributed by atoms with Gasteiger partial charge in [0, 0.05) is 0 Å². The summed E-state index contributed by atoms with van der Waals surface area (Å²) in [5.41, 5.74) is 18.2. The maximum atomic E-state index is 9.35. The van der Waals surface area contributed by atoms with Gasteiger partial charge in [-0.15, -0.1) is 30.3 Å². The van der Waals surface area contributed by atoms with Crippen molar-refractivity contribution in [1.29, 1.82) is 0 Å². The Bertz CT molecular complexity index is 480. The van der Waals surface area contributed by atoms with Crippen LogP contribution in [0, 0.1) is 30.3 Å². The van der Waals surface area contributed by atoms with Crippen LogP contribution in [0.15, 0.2) is 0 Å². The van der Waals surface area contributed by atoms with Gasteiger partial charge in [-0.1, -0.05) is 0 Å². The zero-order valence-corrected chi connectivity index (χ0v) is 15.9. The van der Waals surface area contributed by atoms with Gasteiger partial charge in [0.25, 0.3) is 15.3 Å². The lowest BCUT2D eigenvalue weighted by Crippen LogP contribution is -2.34. The molecule has 194 valence electrons. The molecule has 0 radical (unpaired) electrons. The van der Waals surface area contributed by atoms with E-state index in [4.69, 9.17) is 65.2 Å². The van der Waals surface area contributed by atoms with Gasteiger partial charge in [0.15, 0.2) is 0 Å². The Morgan fingerprint density at radius 1 is 0.625 bits per heavy atom. The molecule has 32 heavy (non-hydrogen) atoms. The molecule has 6 amide bonds. The van der Waals surface area contributed by atoms with E-state index in [1.165, 1.54) is 0 Å². The van der Waals surface area contributed by atoms with Crippen LogP contribution >= 0.6 is 7.82 Å². The SMILES string of the molecule is NNC(N)=O.NNC(N)=O.NNC(N)=O.O=P(O)(O)O.O=[N+]([O-])O.O=[N+]([O-])O.O=[N+]([O-])O. The van der Waals surface area contributed by atoms with Crippen molar-refractivity contribution in [3.8, 4) is 0 Å². The molecule has 0 fully saturated rings. The molecule has 0 heterocycles. The Kier molecular flexibility index (Phi) is 48.7. The summed E-state index contributed by atoms with van der Waals surface area (Å²) in [5, 5.41) is 40.9. The zero-order chi connectivity index (χ0) is 28.1. The van der Waals surface area contributed by atoms with Crippen LogP contribution in [0.25, 0.3) is 0 Å². The first-order valence-corrected chi connectivity index (χ1v) is 7.14. The normalized spacial score (nSPS) is 7.19. The van der Waals surface area contributed by atoms with Crippen molar-refractivity contribution in [2.45, 2.75) is 0 Å². The topological polar surface area (TPSA) is 511 Å². The maximum absolute atomic E-state index is 9.35. The molecule has 0 aromatic heterocycles. The molecular weight excluding hydrogens is 491 g/mol. The average Bonchev–Trinajstić information content (AvgIpc) is 2.52. The lowest BCUT2D eigenvalue weighted by atomic mass is 11.2. The quantitative estimate of drug-likeness (QED) is 0.0471. The fourth-order valence-corrected chi connectivity index (χ4v) is 0. The van der Waals surface area contributed by atoms with E-state index in [9.17, 15) is 14.4 Å². The number of carbonyl (C=O) groups excluding carboxylic acids is 3. The van der Waals surface area contributed by atoms with E-state index in [1.54, 1.807) is 16.3 Å². The highest BCUT2D eigenvalue weighted by molar-refractivity contribution is 7.45. The third-order valence-corrected chi connectivity index (χ3v) is 0.427. The van der Waals surface area contributed by atoms with Crippen LogP contribution in [0.3, 0.4) is 0 Å². The number of nitrogens with zero attached hydrogens (tertiary/aromatic N) is 3. The molecular formula is C3H21N12O16P. The second-order valence-electron chi connectivity index (χ2n) is 2.75. The van der Waals surface area contributed by atoms with Crippen molar-refractivity contribution >= 4 is 25.9 Å². The first-order chi connectivity index (χ1) is 14.0. The van der Waals surface area contributed by atoms with E-state index in [-0.39, 0.29) is 0 Å². The van der Waals surface area contributed by atoms with Crippen LogP contribution in [0.4, 0.5) is 14.4 Å². The Balaban J connectivity index is -0.0000000457. The van der Waals surface area contributed by atoms with Crippen molar-refractivity contribution in [3.63, 3.8) is 0 Å². The molecule has 28 nitrogen and oxygen atoms in total. The molecule has 0 aliphatic rings. The molecule has 0 aromatic rings. The van der Waals surface area contributed by atoms with E-state index in [0.717, 1.165) is 0 Å². The van der Waals surface area contributed by atoms with E-state index >= 15 is 0 Å². The number of hydrogen-bond donors (Lipinski definition) is 15. The van der Waals surface area contributed by atoms with Gasteiger partial charge < -0.3 is 47.5 Å². The van der Waals surface area contributed by atoms with Crippen molar-refractivity contribution < 1.29 is 64.5 Å². The Morgan fingerprint density at radius 3 is 0.656 bits per heavy atom. The second-order valence-corrected chi connectivity index (χ2v) is 3.78. The standard InChI is InChI=1S/3CH5N3O.3HNO3.H3O4P/c3*2-1(5)4-3;3*2-1(3)4;1-5(2,3)4/h3*3H2,(H3,2,4,5);3*(H,2,3,4);(H3,1,2,3,4). The van der Waals surface area contributed by atoms with Crippen molar-refractivity contribution in [1.82, 2.24) is 16.3 Å². The van der Waals surface area contributed by atoms with Gasteiger partial charge in [0.05, 0.1) is 0 Å². The number of hydrogen-bond acceptors (Lipinski definition) is 13. The van der Waals surface area contributed by atoms with Crippen LogP contribution < -0.4 is 51.0 Å². The lowest BCUT2D eigenvalue weighted by molar-refractivity contribution is -0.742. The fraction of sp³-hybridized carbons (Fsp3) is 0. The minimum Gasteiger partial charge on any atom is -0.351 e. The first kappa shape index (κ1) is 45.9. The molecule has 0 bridgehead atoms. The first-order valence-electron chi connectivity index (χ1n) is 5.57. The number of primary amides is 3. The summed E-state index contributed by atoms with van der Waals surface area (Å²) in [5.74, 6) is 13.3. The predicted octanol–water partition coefficient (Wildman–Crippen LogP) is -6.39. The van der Waals surface area contributed by atoms with Gasteiger partial charge >= 0.3 is 25.9 Å². The molecule has 0 unspecified atom stereocenters. The summed E-state index contributed by atoms with van der Waals surface area (Å²) in [6.07, 6.45) is 0. The second kappa shape index (κ2) is 33.9. The van der Waals surface area contributed by atoms with E-state index < -0.39 is 41.2 Å². The number of hydrazine groups is 3. The highest BCUT2D eigenvalue weighted by Crippen LogP contribution is 2.25. The van der Waals surface area contributed by atoms with Gasteiger partial charge in [-0.05, 0) is 0 Å². The summed E-state index contributed by atoms with van der Waals surface area (Å²) < 4.78 is 8.88. The molecule has 29 heteroatoms. The van der Waals surface area contributed by atoms with E-state index in [2.05, 4.69) is 34.7 Å². The fourth-order valence-electron chi connectivity index (χ4n) is 0. The number of amides is 6.